The molecule has 0 spiro atoms. The van der Waals surface area contributed by atoms with Crippen LogP contribution < -0.4 is 10.2 Å². The molecule has 1 aliphatic rings. The van der Waals surface area contributed by atoms with Gasteiger partial charge in [-0.25, -0.2) is 4.39 Å². The van der Waals surface area contributed by atoms with Crippen LogP contribution in [0.1, 0.15) is 50.8 Å². The minimum atomic E-state index is -0.109. The number of halogens is 1. The molecule has 1 aromatic carbocycles. The lowest BCUT2D eigenvalue weighted by atomic mass is 10.00. The average molecular weight is 290 g/mol. The summed E-state index contributed by atoms with van der Waals surface area (Å²) in [5.41, 5.74) is 4.42. The lowest BCUT2D eigenvalue weighted by Gasteiger charge is -2.31. The minimum Gasteiger partial charge on any atom is -0.367 e. The Bertz CT molecular complexity index is 522. The maximum Gasteiger partial charge on any atom is 0.126 e. The van der Waals surface area contributed by atoms with Crippen molar-refractivity contribution in [3.63, 3.8) is 0 Å². The normalized spacial score (nSPS) is 16.8. The summed E-state index contributed by atoms with van der Waals surface area (Å²) in [5, 5.41) is 3.47. The molecule has 21 heavy (non-hydrogen) atoms. The van der Waals surface area contributed by atoms with Gasteiger partial charge in [0.2, 0.25) is 0 Å². The highest BCUT2D eigenvalue weighted by Gasteiger charge is 2.19. The molecule has 0 saturated heterocycles. The van der Waals surface area contributed by atoms with E-state index in [2.05, 4.69) is 37.1 Å². The number of nitrogens with one attached hydrogen (secondary N) is 1. The number of rotatable bonds is 5. The van der Waals surface area contributed by atoms with Gasteiger partial charge >= 0.3 is 0 Å². The third kappa shape index (κ3) is 3.85. The molecule has 1 N–H and O–H groups in total. The van der Waals surface area contributed by atoms with Crippen LogP contribution in [0.4, 0.5) is 10.1 Å². The van der Waals surface area contributed by atoms with Crippen molar-refractivity contribution in [2.24, 2.45) is 0 Å². The second-order valence-corrected chi connectivity index (χ2v) is 6.08. The van der Waals surface area contributed by atoms with Crippen molar-refractivity contribution in [1.82, 2.24) is 5.32 Å². The maximum absolute atomic E-state index is 14.0. The zero-order chi connectivity index (χ0) is 15.4. The van der Waals surface area contributed by atoms with E-state index in [-0.39, 0.29) is 11.9 Å². The van der Waals surface area contributed by atoms with E-state index < -0.39 is 0 Å². The Morgan fingerprint density at radius 1 is 1.33 bits per heavy atom. The molecule has 0 radical (unpaired) electrons. The Hall–Kier alpha value is -1.35. The molecule has 1 unspecified atom stereocenters. The fourth-order valence-corrected chi connectivity index (χ4v) is 2.76. The van der Waals surface area contributed by atoms with Gasteiger partial charge in [-0.15, -0.1) is 0 Å². The molecule has 2 rings (SSSR count). The van der Waals surface area contributed by atoms with Crippen molar-refractivity contribution in [3.05, 3.63) is 40.7 Å². The van der Waals surface area contributed by atoms with Crippen LogP contribution in [0.5, 0.6) is 0 Å². The number of benzene rings is 1. The summed E-state index contributed by atoms with van der Waals surface area (Å²) in [4.78, 5) is 2.36. The number of anilines is 1. The lowest BCUT2D eigenvalue weighted by Crippen LogP contribution is -2.31. The average Bonchev–Trinajstić information content (AvgIpc) is 2.48. The molecule has 1 aliphatic heterocycles. The molecule has 1 atom stereocenters. The summed E-state index contributed by atoms with van der Waals surface area (Å²) in [6.45, 7) is 11.2. The predicted molar refractivity (Wildman–Crippen MR) is 88.4 cm³/mol. The highest BCUT2D eigenvalue weighted by molar-refractivity contribution is 5.58. The molecular weight excluding hydrogens is 263 g/mol. The molecule has 1 heterocycles. The lowest BCUT2D eigenvalue weighted by molar-refractivity contribution is 0.558. The van der Waals surface area contributed by atoms with E-state index in [4.69, 9.17) is 0 Å². The Morgan fingerprint density at radius 2 is 2.10 bits per heavy atom. The van der Waals surface area contributed by atoms with Crippen molar-refractivity contribution in [2.75, 3.05) is 24.5 Å². The molecule has 0 aromatic heterocycles. The Labute approximate surface area is 128 Å². The number of nitrogens with zero attached hydrogens (tertiary/aromatic N) is 1. The molecular formula is C18H27FN2. The first kappa shape index (κ1) is 16.0. The van der Waals surface area contributed by atoms with E-state index in [1.165, 1.54) is 11.3 Å². The second kappa shape index (κ2) is 7.08. The standard InChI is InChI=1S/C18H27FN2/c1-5-8-20-15(4)16-12-17(19)14(3)11-18(16)21-9-6-13(2)7-10-21/h6,11-12,15,20H,5,7-10H2,1-4H3. The van der Waals surface area contributed by atoms with Gasteiger partial charge in [0.15, 0.2) is 0 Å². The molecule has 116 valence electrons. The fraction of sp³-hybridized carbons (Fsp3) is 0.556. The molecule has 3 heteroatoms. The quantitative estimate of drug-likeness (QED) is 0.811. The summed E-state index contributed by atoms with van der Waals surface area (Å²) in [6, 6.07) is 3.88. The van der Waals surface area contributed by atoms with Crippen LogP contribution in [-0.2, 0) is 0 Å². The van der Waals surface area contributed by atoms with Gasteiger partial charge in [-0.3, -0.25) is 0 Å². The molecule has 0 aliphatic carbocycles. The van der Waals surface area contributed by atoms with Crippen LogP contribution in [0, 0.1) is 12.7 Å². The Morgan fingerprint density at radius 3 is 2.71 bits per heavy atom. The summed E-state index contributed by atoms with van der Waals surface area (Å²) >= 11 is 0. The van der Waals surface area contributed by atoms with Gasteiger partial charge in [0.25, 0.3) is 0 Å². The smallest absolute Gasteiger partial charge is 0.126 e. The van der Waals surface area contributed by atoms with Gasteiger partial charge in [0.1, 0.15) is 5.82 Å². The molecule has 0 fully saturated rings. The van der Waals surface area contributed by atoms with E-state index in [9.17, 15) is 4.39 Å². The zero-order valence-electron chi connectivity index (χ0n) is 13.7. The van der Waals surface area contributed by atoms with Crippen LogP contribution >= 0.6 is 0 Å². The van der Waals surface area contributed by atoms with Gasteiger partial charge in [0.05, 0.1) is 0 Å². The fourth-order valence-electron chi connectivity index (χ4n) is 2.76. The van der Waals surface area contributed by atoms with E-state index in [1.807, 2.05) is 13.0 Å². The van der Waals surface area contributed by atoms with E-state index in [0.717, 1.165) is 43.6 Å². The van der Waals surface area contributed by atoms with E-state index in [0.29, 0.717) is 0 Å². The van der Waals surface area contributed by atoms with Crippen molar-refractivity contribution >= 4 is 5.69 Å². The first-order chi connectivity index (χ1) is 10.0. The van der Waals surface area contributed by atoms with Crippen molar-refractivity contribution < 1.29 is 4.39 Å². The van der Waals surface area contributed by atoms with Crippen molar-refractivity contribution in [3.8, 4) is 0 Å². The van der Waals surface area contributed by atoms with Crippen LogP contribution in [0.15, 0.2) is 23.8 Å². The summed E-state index contributed by atoms with van der Waals surface area (Å²) in [7, 11) is 0. The highest BCUT2D eigenvalue weighted by Crippen LogP contribution is 2.31. The zero-order valence-corrected chi connectivity index (χ0v) is 13.7. The van der Waals surface area contributed by atoms with Crippen molar-refractivity contribution in [2.45, 2.75) is 46.6 Å². The van der Waals surface area contributed by atoms with Crippen LogP contribution in [0.3, 0.4) is 0 Å². The van der Waals surface area contributed by atoms with Gasteiger partial charge in [-0.05, 0) is 63.4 Å². The first-order valence-corrected chi connectivity index (χ1v) is 7.97. The first-order valence-electron chi connectivity index (χ1n) is 7.97. The molecule has 2 nitrogen and oxygen atoms in total. The van der Waals surface area contributed by atoms with Crippen LogP contribution in [0.2, 0.25) is 0 Å². The van der Waals surface area contributed by atoms with Gasteiger partial charge in [-0.2, -0.15) is 0 Å². The summed E-state index contributed by atoms with van der Waals surface area (Å²) in [5.74, 6) is -0.109. The molecule has 1 aromatic rings. The summed E-state index contributed by atoms with van der Waals surface area (Å²) in [6.07, 6.45) is 4.45. The predicted octanol–water partition coefficient (Wildman–Crippen LogP) is 4.35. The minimum absolute atomic E-state index is 0.109. The number of hydrogen-bond acceptors (Lipinski definition) is 2. The molecule has 0 bridgehead atoms. The third-order valence-electron chi connectivity index (χ3n) is 4.25. The molecule has 0 saturated carbocycles. The monoisotopic (exact) mass is 290 g/mol. The second-order valence-electron chi connectivity index (χ2n) is 6.08. The van der Waals surface area contributed by atoms with Gasteiger partial charge in [-0.1, -0.05) is 18.6 Å². The van der Waals surface area contributed by atoms with Crippen LogP contribution in [-0.4, -0.2) is 19.6 Å². The SMILES string of the molecule is CCCNC(C)c1cc(F)c(C)cc1N1CC=C(C)CC1. The van der Waals surface area contributed by atoms with E-state index in [1.54, 1.807) is 6.07 Å². The third-order valence-corrected chi connectivity index (χ3v) is 4.25. The van der Waals surface area contributed by atoms with Crippen molar-refractivity contribution in [1.29, 1.82) is 0 Å². The van der Waals surface area contributed by atoms with Gasteiger partial charge in [0, 0.05) is 24.8 Å². The molecule has 0 amide bonds. The Balaban J connectivity index is 2.32. The highest BCUT2D eigenvalue weighted by atomic mass is 19.1. The van der Waals surface area contributed by atoms with E-state index >= 15 is 0 Å². The van der Waals surface area contributed by atoms with Gasteiger partial charge < -0.3 is 10.2 Å². The van der Waals surface area contributed by atoms with Crippen LogP contribution in [0.25, 0.3) is 0 Å². The number of aryl methyl sites for hydroxylation is 1. The number of hydrogen-bond donors (Lipinski definition) is 1. The largest absolute Gasteiger partial charge is 0.367 e. The summed E-state index contributed by atoms with van der Waals surface area (Å²) < 4.78 is 14.0. The topological polar surface area (TPSA) is 15.3 Å². The maximum atomic E-state index is 14.0. The Kier molecular flexibility index (Phi) is 5.40.